The van der Waals surface area contributed by atoms with E-state index in [0.717, 1.165) is 0 Å². The molecule has 0 spiro atoms. The second-order valence-electron chi connectivity index (χ2n) is 8.65. The van der Waals surface area contributed by atoms with Gasteiger partial charge >= 0.3 is 5.69 Å². The molecule has 9 nitrogen and oxygen atoms in total. The van der Waals surface area contributed by atoms with Crippen molar-refractivity contribution >= 4 is 11.2 Å². The zero-order valence-corrected chi connectivity index (χ0v) is 23.9. The maximum atomic E-state index is 11.3. The number of nitrogens with zero attached hydrogens (tertiary/aromatic N) is 6. The molecule has 9 heteroatoms. The standard InChI is InChI=1S/C9H21N.C7H8N4O2.C6H15N.C3H9N/c1-4-7-10(8-5-2)9-6-3;1-10-3-8-5-4(10)6(12)9-7(13)11(5)2;1-4-7(5-2)6-3;1-4(2)3/h4-9H2,1-3H3;3H,1-2H3,(H,9,12,13);4-6H2,1-3H3;1-3H3. The number of aryl methyl sites for hydroxylation is 2. The molecule has 0 aliphatic rings. The number of rotatable bonds is 9. The van der Waals surface area contributed by atoms with E-state index >= 15 is 0 Å². The number of H-pyrrole nitrogens is 1. The minimum atomic E-state index is -0.448. The van der Waals surface area contributed by atoms with Crippen LogP contribution in [0.3, 0.4) is 0 Å². The minimum Gasteiger partial charge on any atom is -0.328 e. The molecule has 0 amide bonds. The number of aromatic nitrogens is 4. The second-order valence-corrected chi connectivity index (χ2v) is 8.65. The molecule has 0 unspecified atom stereocenters. The number of hydrogen-bond donors (Lipinski definition) is 1. The Labute approximate surface area is 207 Å². The average molecular weight is 484 g/mol. The number of fused-ring (bicyclic) bond motifs is 1. The first-order valence-corrected chi connectivity index (χ1v) is 12.7. The van der Waals surface area contributed by atoms with Crippen LogP contribution in [0.2, 0.25) is 0 Å². The summed E-state index contributed by atoms with van der Waals surface area (Å²) < 4.78 is 2.88. The molecule has 200 valence electrons. The van der Waals surface area contributed by atoms with Gasteiger partial charge in [-0.3, -0.25) is 14.3 Å². The molecule has 2 aromatic heterocycles. The van der Waals surface area contributed by atoms with Crippen LogP contribution in [0.1, 0.15) is 60.8 Å². The van der Waals surface area contributed by atoms with Gasteiger partial charge in [-0.2, -0.15) is 0 Å². The van der Waals surface area contributed by atoms with Crippen molar-refractivity contribution in [3.63, 3.8) is 0 Å². The molecule has 0 saturated heterocycles. The van der Waals surface area contributed by atoms with Gasteiger partial charge in [0.1, 0.15) is 0 Å². The smallest absolute Gasteiger partial charge is 0.328 e. The highest BCUT2D eigenvalue weighted by atomic mass is 16.2. The van der Waals surface area contributed by atoms with Gasteiger partial charge in [0.15, 0.2) is 11.2 Å². The Bertz CT molecular complexity index is 829. The van der Waals surface area contributed by atoms with Crippen molar-refractivity contribution in [2.45, 2.75) is 60.8 Å². The van der Waals surface area contributed by atoms with Gasteiger partial charge in [0.25, 0.3) is 5.56 Å². The lowest BCUT2D eigenvalue weighted by Gasteiger charge is -2.19. The van der Waals surface area contributed by atoms with Crippen LogP contribution in [0.15, 0.2) is 15.9 Å². The Hall–Kier alpha value is -1.97. The van der Waals surface area contributed by atoms with Crippen LogP contribution < -0.4 is 11.2 Å². The highest BCUT2D eigenvalue weighted by molar-refractivity contribution is 5.69. The molecule has 1 N–H and O–H groups in total. The van der Waals surface area contributed by atoms with Crippen molar-refractivity contribution in [2.24, 2.45) is 14.1 Å². The zero-order chi connectivity index (χ0) is 26.7. The fourth-order valence-corrected chi connectivity index (χ4v) is 3.22. The Kier molecular flexibility index (Phi) is 20.5. The summed E-state index contributed by atoms with van der Waals surface area (Å²) in [6, 6.07) is 0. The van der Waals surface area contributed by atoms with Crippen molar-refractivity contribution in [3.8, 4) is 0 Å². The third kappa shape index (κ3) is 14.3. The Morgan fingerprint density at radius 3 is 1.53 bits per heavy atom. The van der Waals surface area contributed by atoms with Crippen molar-refractivity contribution < 1.29 is 0 Å². The van der Waals surface area contributed by atoms with Crippen LogP contribution in [-0.2, 0) is 14.1 Å². The molecule has 0 saturated carbocycles. The molecule has 0 fully saturated rings. The maximum absolute atomic E-state index is 11.3. The van der Waals surface area contributed by atoms with Crippen LogP contribution in [0.4, 0.5) is 0 Å². The molecular formula is C25H53N7O2. The van der Waals surface area contributed by atoms with Crippen LogP contribution in [0, 0.1) is 0 Å². The summed E-state index contributed by atoms with van der Waals surface area (Å²) >= 11 is 0. The van der Waals surface area contributed by atoms with E-state index in [-0.39, 0.29) is 0 Å². The van der Waals surface area contributed by atoms with Gasteiger partial charge in [0, 0.05) is 14.1 Å². The largest absolute Gasteiger partial charge is 0.329 e. The monoisotopic (exact) mass is 483 g/mol. The summed E-state index contributed by atoms with van der Waals surface area (Å²) in [6.07, 6.45) is 5.37. The van der Waals surface area contributed by atoms with Gasteiger partial charge in [-0.1, -0.05) is 41.5 Å². The molecular weight excluding hydrogens is 430 g/mol. The van der Waals surface area contributed by atoms with Crippen molar-refractivity contribution in [1.29, 1.82) is 0 Å². The van der Waals surface area contributed by atoms with Gasteiger partial charge in [0.2, 0.25) is 0 Å². The normalized spacial score (nSPS) is 10.5. The predicted octanol–water partition coefficient (Wildman–Crippen LogP) is 3.00. The first kappa shape index (κ1) is 34.2. The van der Waals surface area contributed by atoms with E-state index in [4.69, 9.17) is 0 Å². The maximum Gasteiger partial charge on any atom is 0.329 e. The molecule has 0 atom stereocenters. The first-order chi connectivity index (χ1) is 16.0. The van der Waals surface area contributed by atoms with E-state index in [1.54, 1.807) is 18.7 Å². The highest BCUT2D eigenvalue weighted by Crippen LogP contribution is 2.00. The summed E-state index contributed by atoms with van der Waals surface area (Å²) in [6.45, 7) is 20.7. The second kappa shape index (κ2) is 20.4. The van der Waals surface area contributed by atoms with Crippen molar-refractivity contribution in [3.05, 3.63) is 27.2 Å². The summed E-state index contributed by atoms with van der Waals surface area (Å²) in [5.41, 5.74) is -0.0485. The Balaban J connectivity index is 0. The Morgan fingerprint density at radius 1 is 0.794 bits per heavy atom. The zero-order valence-electron chi connectivity index (χ0n) is 23.9. The van der Waals surface area contributed by atoms with Crippen LogP contribution in [-0.4, -0.2) is 94.2 Å². The lowest BCUT2D eigenvalue weighted by Crippen LogP contribution is -2.28. The molecule has 34 heavy (non-hydrogen) atoms. The van der Waals surface area contributed by atoms with Gasteiger partial charge in [-0.25, -0.2) is 9.78 Å². The van der Waals surface area contributed by atoms with E-state index in [0.29, 0.717) is 11.2 Å². The van der Waals surface area contributed by atoms with Crippen molar-refractivity contribution in [1.82, 2.24) is 33.8 Å². The van der Waals surface area contributed by atoms with E-state index in [1.165, 1.54) is 69.4 Å². The average Bonchev–Trinajstić information content (AvgIpc) is 3.17. The molecule has 0 aromatic carbocycles. The Morgan fingerprint density at radius 2 is 1.21 bits per heavy atom. The van der Waals surface area contributed by atoms with Gasteiger partial charge in [-0.05, 0) is 79.7 Å². The highest BCUT2D eigenvalue weighted by Gasteiger charge is 2.08. The lowest BCUT2D eigenvalue weighted by atomic mass is 10.3. The van der Waals surface area contributed by atoms with E-state index < -0.39 is 11.2 Å². The van der Waals surface area contributed by atoms with Crippen LogP contribution >= 0.6 is 0 Å². The predicted molar refractivity (Wildman–Crippen MR) is 147 cm³/mol. The van der Waals surface area contributed by atoms with E-state index in [2.05, 4.69) is 61.3 Å². The lowest BCUT2D eigenvalue weighted by molar-refractivity contribution is 0.275. The SMILES string of the molecule is CCCN(CCC)CCC.CCN(CC)CC.CN(C)C.Cn1cnc2c1c(=O)[nH]c(=O)n2C. The fraction of sp³-hybridized carbons (Fsp3) is 0.800. The molecule has 2 aromatic rings. The summed E-state index contributed by atoms with van der Waals surface area (Å²) in [4.78, 5) is 35.5. The molecule has 2 rings (SSSR count). The fourth-order valence-electron chi connectivity index (χ4n) is 3.22. The summed E-state index contributed by atoms with van der Waals surface area (Å²) in [7, 11) is 9.27. The third-order valence-corrected chi connectivity index (χ3v) is 4.94. The van der Waals surface area contributed by atoms with Crippen LogP contribution in [0.5, 0.6) is 0 Å². The minimum absolute atomic E-state index is 0.399. The van der Waals surface area contributed by atoms with Gasteiger partial charge < -0.3 is 19.3 Å². The number of imidazole rings is 1. The third-order valence-electron chi connectivity index (χ3n) is 4.94. The van der Waals surface area contributed by atoms with Gasteiger partial charge in [-0.15, -0.1) is 0 Å². The topological polar surface area (TPSA) is 82.4 Å². The molecule has 2 heterocycles. The first-order valence-electron chi connectivity index (χ1n) is 12.7. The summed E-state index contributed by atoms with van der Waals surface area (Å²) in [5, 5.41) is 0. The molecule has 0 bridgehead atoms. The van der Waals surface area contributed by atoms with E-state index in [1.807, 2.05) is 26.0 Å². The van der Waals surface area contributed by atoms with Gasteiger partial charge in [0.05, 0.1) is 6.33 Å². The quantitative estimate of drug-likeness (QED) is 0.590. The number of hydrogen-bond acceptors (Lipinski definition) is 6. The van der Waals surface area contributed by atoms with E-state index in [9.17, 15) is 9.59 Å². The summed E-state index contributed by atoms with van der Waals surface area (Å²) in [5.74, 6) is 0. The van der Waals surface area contributed by atoms with Crippen molar-refractivity contribution in [2.75, 3.05) is 60.4 Å². The number of aromatic amines is 1. The number of nitrogens with one attached hydrogen (secondary N) is 1. The molecule has 0 radical (unpaired) electrons. The van der Waals surface area contributed by atoms with Crippen LogP contribution in [0.25, 0.3) is 11.2 Å². The molecule has 0 aliphatic heterocycles. The molecule has 0 aliphatic carbocycles.